The molecule has 0 atom stereocenters. The number of halogens is 1. The fourth-order valence-corrected chi connectivity index (χ4v) is 2.39. The number of methoxy groups -OCH3 is 1. The first kappa shape index (κ1) is 12.1. The smallest absolute Gasteiger partial charge is 0.128 e. The molecule has 0 amide bonds. The number of rotatable bonds is 4. The summed E-state index contributed by atoms with van der Waals surface area (Å²) in [5.41, 5.74) is 1.62. The van der Waals surface area contributed by atoms with Crippen LogP contribution in [0.15, 0.2) is 23.6 Å². The highest BCUT2D eigenvalue weighted by molar-refractivity contribution is 7.10. The van der Waals surface area contributed by atoms with Gasteiger partial charge in [-0.1, -0.05) is 11.6 Å². The molecule has 0 radical (unpaired) electrons. The number of carbonyl (C=O) groups excluding carboxylic acids is 1. The Morgan fingerprint density at radius 1 is 1.53 bits per heavy atom. The van der Waals surface area contributed by atoms with Gasteiger partial charge < -0.3 is 9.53 Å². The summed E-state index contributed by atoms with van der Waals surface area (Å²) in [5.74, 6) is 0.720. The molecular formula is C12H10ClNO2S. The van der Waals surface area contributed by atoms with Crippen LogP contribution in [0.4, 0.5) is 0 Å². The fourth-order valence-electron chi connectivity index (χ4n) is 1.48. The van der Waals surface area contributed by atoms with Gasteiger partial charge in [0.2, 0.25) is 0 Å². The molecule has 0 unspecified atom stereocenters. The first-order valence-corrected chi connectivity index (χ1v) is 6.22. The molecule has 88 valence electrons. The van der Waals surface area contributed by atoms with Crippen LogP contribution in [0.2, 0.25) is 5.02 Å². The second kappa shape index (κ2) is 5.29. The van der Waals surface area contributed by atoms with Gasteiger partial charge in [-0.05, 0) is 18.2 Å². The summed E-state index contributed by atoms with van der Waals surface area (Å²) in [7, 11) is 1.60. The largest absolute Gasteiger partial charge is 0.496 e. The van der Waals surface area contributed by atoms with Gasteiger partial charge in [-0.15, -0.1) is 11.3 Å². The molecule has 0 spiro atoms. The van der Waals surface area contributed by atoms with E-state index in [1.807, 2.05) is 5.38 Å². The second-order valence-electron chi connectivity index (χ2n) is 3.34. The quantitative estimate of drug-likeness (QED) is 0.799. The van der Waals surface area contributed by atoms with Crippen LogP contribution in [-0.2, 0) is 11.2 Å². The van der Waals surface area contributed by atoms with Crippen molar-refractivity contribution in [3.8, 4) is 17.0 Å². The zero-order chi connectivity index (χ0) is 12.3. The number of aldehydes is 1. The molecule has 2 aromatic rings. The number of hydrogen-bond acceptors (Lipinski definition) is 4. The van der Waals surface area contributed by atoms with E-state index in [1.54, 1.807) is 25.3 Å². The van der Waals surface area contributed by atoms with Crippen molar-refractivity contribution < 1.29 is 9.53 Å². The lowest BCUT2D eigenvalue weighted by Gasteiger charge is -2.06. The van der Waals surface area contributed by atoms with E-state index in [1.165, 1.54) is 11.3 Å². The highest BCUT2D eigenvalue weighted by Crippen LogP contribution is 2.33. The molecule has 1 heterocycles. The van der Waals surface area contributed by atoms with Crippen LogP contribution in [-0.4, -0.2) is 18.4 Å². The number of aromatic nitrogens is 1. The SMILES string of the molecule is COc1ccc(Cl)cc1-c1csc(CC=O)n1. The van der Waals surface area contributed by atoms with Gasteiger partial charge in [-0.2, -0.15) is 0 Å². The first-order valence-electron chi connectivity index (χ1n) is 4.96. The van der Waals surface area contributed by atoms with Crippen LogP contribution in [0.3, 0.4) is 0 Å². The van der Waals surface area contributed by atoms with Crippen molar-refractivity contribution in [2.45, 2.75) is 6.42 Å². The molecule has 0 saturated heterocycles. The van der Waals surface area contributed by atoms with Gasteiger partial charge in [-0.3, -0.25) is 0 Å². The van der Waals surface area contributed by atoms with Crippen molar-refractivity contribution in [2.75, 3.05) is 7.11 Å². The van der Waals surface area contributed by atoms with Crippen molar-refractivity contribution in [2.24, 2.45) is 0 Å². The predicted molar refractivity (Wildman–Crippen MR) is 68.9 cm³/mol. The second-order valence-corrected chi connectivity index (χ2v) is 4.72. The number of ether oxygens (including phenoxy) is 1. The standard InChI is InChI=1S/C12H10ClNO2S/c1-16-11-3-2-8(13)6-9(11)10-7-17-12(14-10)4-5-15/h2-3,5-7H,4H2,1H3. The Hall–Kier alpha value is -1.39. The van der Waals surface area contributed by atoms with Crippen molar-refractivity contribution in [1.82, 2.24) is 4.98 Å². The number of nitrogens with zero attached hydrogens (tertiary/aromatic N) is 1. The fraction of sp³-hybridized carbons (Fsp3) is 0.167. The Labute approximate surface area is 108 Å². The number of hydrogen-bond donors (Lipinski definition) is 0. The maximum atomic E-state index is 10.4. The van der Waals surface area contributed by atoms with Crippen molar-refractivity contribution in [1.29, 1.82) is 0 Å². The molecule has 17 heavy (non-hydrogen) atoms. The molecule has 0 aliphatic heterocycles. The highest BCUT2D eigenvalue weighted by Gasteiger charge is 2.10. The minimum absolute atomic E-state index is 0.341. The van der Waals surface area contributed by atoms with Crippen molar-refractivity contribution >= 4 is 29.2 Å². The molecule has 0 bridgehead atoms. The average Bonchev–Trinajstić information content (AvgIpc) is 2.78. The Bertz CT molecular complexity index is 539. The van der Waals surface area contributed by atoms with Gasteiger partial charge in [0, 0.05) is 16.0 Å². The molecule has 0 aliphatic carbocycles. The van der Waals surface area contributed by atoms with E-state index in [9.17, 15) is 4.79 Å². The Morgan fingerprint density at radius 3 is 3.06 bits per heavy atom. The summed E-state index contributed by atoms with van der Waals surface area (Å²) >= 11 is 7.41. The van der Waals surface area contributed by atoms with Crippen LogP contribution >= 0.6 is 22.9 Å². The average molecular weight is 268 g/mol. The van der Waals surface area contributed by atoms with Gasteiger partial charge in [-0.25, -0.2) is 4.98 Å². The Morgan fingerprint density at radius 2 is 2.35 bits per heavy atom. The molecule has 2 rings (SSSR count). The van der Waals surface area contributed by atoms with E-state index in [-0.39, 0.29) is 0 Å². The summed E-state index contributed by atoms with van der Waals surface area (Å²) in [5, 5.41) is 3.32. The molecule has 3 nitrogen and oxygen atoms in total. The van der Waals surface area contributed by atoms with Crippen LogP contribution in [0.5, 0.6) is 5.75 Å². The maximum Gasteiger partial charge on any atom is 0.128 e. The van der Waals surface area contributed by atoms with Gasteiger partial charge in [0.15, 0.2) is 0 Å². The predicted octanol–water partition coefficient (Wildman–Crippen LogP) is 3.21. The molecular weight excluding hydrogens is 258 g/mol. The van der Waals surface area contributed by atoms with E-state index in [2.05, 4.69) is 4.98 Å². The Balaban J connectivity index is 2.43. The third-order valence-electron chi connectivity index (χ3n) is 2.25. The molecule has 5 heteroatoms. The van der Waals surface area contributed by atoms with E-state index >= 15 is 0 Å². The topological polar surface area (TPSA) is 39.2 Å². The molecule has 0 fully saturated rings. The molecule has 0 saturated carbocycles. The van der Waals surface area contributed by atoms with Crippen LogP contribution in [0.25, 0.3) is 11.3 Å². The summed E-state index contributed by atoms with van der Waals surface area (Å²) in [6, 6.07) is 5.37. The number of benzene rings is 1. The van der Waals surface area contributed by atoms with Crippen molar-refractivity contribution in [3.63, 3.8) is 0 Å². The summed E-state index contributed by atoms with van der Waals surface area (Å²) < 4.78 is 5.26. The van der Waals surface area contributed by atoms with E-state index in [0.29, 0.717) is 11.4 Å². The van der Waals surface area contributed by atoms with Crippen LogP contribution in [0.1, 0.15) is 5.01 Å². The zero-order valence-electron chi connectivity index (χ0n) is 9.14. The molecule has 0 aliphatic rings. The number of thiazole rings is 1. The summed E-state index contributed by atoms with van der Waals surface area (Å²) in [4.78, 5) is 14.8. The lowest BCUT2D eigenvalue weighted by molar-refractivity contribution is -0.107. The van der Waals surface area contributed by atoms with E-state index in [0.717, 1.165) is 28.3 Å². The van der Waals surface area contributed by atoms with E-state index in [4.69, 9.17) is 16.3 Å². The highest BCUT2D eigenvalue weighted by atomic mass is 35.5. The van der Waals surface area contributed by atoms with Crippen LogP contribution < -0.4 is 4.74 Å². The summed E-state index contributed by atoms with van der Waals surface area (Å²) in [6.45, 7) is 0. The summed E-state index contributed by atoms with van der Waals surface area (Å²) in [6.07, 6.45) is 1.19. The van der Waals surface area contributed by atoms with Gasteiger partial charge >= 0.3 is 0 Å². The van der Waals surface area contributed by atoms with Gasteiger partial charge in [0.25, 0.3) is 0 Å². The Kier molecular flexibility index (Phi) is 3.76. The van der Waals surface area contributed by atoms with Crippen molar-refractivity contribution in [3.05, 3.63) is 33.6 Å². The lowest BCUT2D eigenvalue weighted by atomic mass is 10.1. The maximum absolute atomic E-state index is 10.4. The first-order chi connectivity index (χ1) is 8.24. The molecule has 0 N–H and O–H groups in total. The molecule has 1 aromatic carbocycles. The van der Waals surface area contributed by atoms with Gasteiger partial charge in [0.05, 0.1) is 19.2 Å². The zero-order valence-corrected chi connectivity index (χ0v) is 10.7. The van der Waals surface area contributed by atoms with E-state index < -0.39 is 0 Å². The monoisotopic (exact) mass is 267 g/mol. The number of carbonyl (C=O) groups is 1. The minimum Gasteiger partial charge on any atom is -0.496 e. The lowest BCUT2D eigenvalue weighted by Crippen LogP contribution is -1.89. The van der Waals surface area contributed by atoms with Crippen LogP contribution in [0, 0.1) is 0 Å². The minimum atomic E-state index is 0.341. The normalized spacial score (nSPS) is 10.2. The molecule has 1 aromatic heterocycles. The third-order valence-corrected chi connectivity index (χ3v) is 3.35. The third kappa shape index (κ3) is 2.65. The van der Waals surface area contributed by atoms with Gasteiger partial charge in [0.1, 0.15) is 17.0 Å².